The van der Waals surface area contributed by atoms with E-state index in [0.717, 1.165) is 11.1 Å². The van der Waals surface area contributed by atoms with Gasteiger partial charge in [0.25, 0.3) is 5.91 Å². The maximum atomic E-state index is 12.7. The summed E-state index contributed by atoms with van der Waals surface area (Å²) in [6, 6.07) is 13.5. The minimum absolute atomic E-state index is 0.212. The van der Waals surface area contributed by atoms with Crippen molar-refractivity contribution in [2.75, 3.05) is 6.26 Å². The Morgan fingerprint density at radius 3 is 2.27 bits per heavy atom. The first kappa shape index (κ1) is 18.5. The van der Waals surface area contributed by atoms with Crippen molar-refractivity contribution in [1.29, 1.82) is 0 Å². The number of carbonyl (C=O) groups is 1. The summed E-state index contributed by atoms with van der Waals surface area (Å²) < 4.78 is 23.1. The molecule has 3 rings (SSSR count). The molecule has 1 atom stereocenters. The Morgan fingerprint density at radius 1 is 1.04 bits per heavy atom. The number of rotatable bonds is 5. The number of nitrogens with one attached hydrogen (secondary N) is 5. The van der Waals surface area contributed by atoms with Crippen LogP contribution in [-0.2, 0) is 9.84 Å². The molecule has 0 saturated carbocycles. The highest BCUT2D eigenvalue weighted by Crippen LogP contribution is 2.20. The topological polar surface area (TPSA) is 111 Å². The summed E-state index contributed by atoms with van der Waals surface area (Å²) in [4.78, 5) is 13.0. The van der Waals surface area contributed by atoms with E-state index in [4.69, 9.17) is 0 Å². The van der Waals surface area contributed by atoms with Crippen LogP contribution in [0, 0.1) is 0 Å². The van der Waals surface area contributed by atoms with Crippen LogP contribution in [0.15, 0.2) is 53.4 Å². The lowest BCUT2D eigenvalue weighted by Gasteiger charge is -2.18. The van der Waals surface area contributed by atoms with Crippen molar-refractivity contribution in [3.05, 3.63) is 65.2 Å². The van der Waals surface area contributed by atoms with Crippen LogP contribution in [0.25, 0.3) is 0 Å². The van der Waals surface area contributed by atoms with Crippen molar-refractivity contribution >= 4 is 15.7 Å². The lowest BCUT2D eigenvalue weighted by atomic mass is 10.0. The van der Waals surface area contributed by atoms with Crippen LogP contribution in [0.2, 0.25) is 0 Å². The van der Waals surface area contributed by atoms with Gasteiger partial charge in [0.05, 0.1) is 10.9 Å². The molecule has 0 bridgehead atoms. The van der Waals surface area contributed by atoms with Gasteiger partial charge in [-0.2, -0.15) is 11.1 Å². The van der Waals surface area contributed by atoms with Gasteiger partial charge >= 0.3 is 0 Å². The summed E-state index contributed by atoms with van der Waals surface area (Å²) in [5.74, 6) is -0.212. The van der Waals surface area contributed by atoms with Crippen molar-refractivity contribution in [2.24, 2.45) is 0 Å². The van der Waals surface area contributed by atoms with Crippen LogP contribution in [0.3, 0.4) is 0 Å². The van der Waals surface area contributed by atoms with Crippen LogP contribution in [-0.4, -0.2) is 20.6 Å². The summed E-state index contributed by atoms with van der Waals surface area (Å²) in [5.41, 5.74) is 13.5. The fraction of sp³-hybridized carbons (Fsp3) is 0.235. The van der Waals surface area contributed by atoms with Crippen LogP contribution in [0.4, 0.5) is 0 Å². The van der Waals surface area contributed by atoms with E-state index in [1.165, 1.54) is 6.26 Å². The molecule has 1 amide bonds. The molecule has 0 spiro atoms. The fourth-order valence-electron chi connectivity index (χ4n) is 2.73. The third-order valence-corrected chi connectivity index (χ3v) is 5.30. The molecule has 1 fully saturated rings. The molecule has 1 aliphatic heterocycles. The molecule has 1 unspecified atom stereocenters. The minimum atomic E-state index is -3.24. The third kappa shape index (κ3) is 4.09. The van der Waals surface area contributed by atoms with E-state index in [1.807, 2.05) is 19.1 Å². The lowest BCUT2D eigenvalue weighted by molar-refractivity contribution is 0.0938. The van der Waals surface area contributed by atoms with E-state index in [-0.39, 0.29) is 23.0 Å². The summed E-state index contributed by atoms with van der Waals surface area (Å²) in [6.07, 6.45) is 0.917. The molecule has 138 valence electrons. The molecule has 0 aliphatic carbocycles. The maximum absolute atomic E-state index is 12.7. The summed E-state index contributed by atoms with van der Waals surface area (Å²) in [6.45, 7) is 1.85. The number of sulfone groups is 1. The van der Waals surface area contributed by atoms with Crippen molar-refractivity contribution in [3.8, 4) is 0 Å². The normalized spacial score (nSPS) is 16.4. The average molecular weight is 375 g/mol. The third-order valence-electron chi connectivity index (χ3n) is 4.17. The zero-order chi connectivity index (χ0) is 18.7. The van der Waals surface area contributed by atoms with Crippen LogP contribution < -0.4 is 27.2 Å². The molecule has 2 aromatic carbocycles. The molecule has 1 aliphatic rings. The zero-order valence-corrected chi connectivity index (χ0v) is 15.2. The molecule has 8 nitrogen and oxygen atoms in total. The van der Waals surface area contributed by atoms with Gasteiger partial charge in [0.1, 0.15) is 6.17 Å². The first-order valence-electron chi connectivity index (χ1n) is 8.07. The second kappa shape index (κ2) is 7.52. The van der Waals surface area contributed by atoms with E-state index in [9.17, 15) is 13.2 Å². The molecular formula is C17H21N5O3S. The van der Waals surface area contributed by atoms with Gasteiger partial charge in [-0.15, -0.1) is 0 Å². The highest BCUT2D eigenvalue weighted by atomic mass is 32.2. The number of hydrogen-bond acceptors (Lipinski definition) is 7. The summed E-state index contributed by atoms with van der Waals surface area (Å²) >= 11 is 0. The molecular weight excluding hydrogens is 354 g/mol. The van der Waals surface area contributed by atoms with E-state index in [0.29, 0.717) is 5.56 Å². The summed E-state index contributed by atoms with van der Waals surface area (Å²) in [7, 11) is -3.24. The number of hydrogen-bond donors (Lipinski definition) is 5. The fourth-order valence-corrected chi connectivity index (χ4v) is 3.36. The minimum Gasteiger partial charge on any atom is -0.346 e. The van der Waals surface area contributed by atoms with Gasteiger partial charge in [0.15, 0.2) is 9.84 Å². The Labute approximate surface area is 152 Å². The quantitative estimate of drug-likeness (QED) is 0.523. The SMILES string of the molecule is CC(NC(=O)c1ccccc1C1NNNN1)c1ccc(S(C)(=O)=O)cc1. The van der Waals surface area contributed by atoms with Gasteiger partial charge in [-0.25, -0.2) is 19.3 Å². The molecule has 1 saturated heterocycles. The number of amides is 1. The Balaban J connectivity index is 1.76. The molecule has 2 aromatic rings. The Bertz CT molecular complexity index is 893. The van der Waals surface area contributed by atoms with Crippen LogP contribution >= 0.6 is 0 Å². The van der Waals surface area contributed by atoms with E-state index < -0.39 is 9.84 Å². The predicted octanol–water partition coefficient (Wildman–Crippen LogP) is 0.697. The Kier molecular flexibility index (Phi) is 5.35. The second-order valence-corrected chi connectivity index (χ2v) is 8.11. The molecule has 1 heterocycles. The van der Waals surface area contributed by atoms with Gasteiger partial charge in [-0.05, 0) is 36.2 Å². The molecule has 0 radical (unpaired) electrons. The number of benzene rings is 2. The zero-order valence-electron chi connectivity index (χ0n) is 14.4. The van der Waals surface area contributed by atoms with E-state index >= 15 is 0 Å². The van der Waals surface area contributed by atoms with Gasteiger partial charge in [-0.1, -0.05) is 30.3 Å². The van der Waals surface area contributed by atoms with Gasteiger partial charge in [-0.3, -0.25) is 4.79 Å². The van der Waals surface area contributed by atoms with E-state index in [2.05, 4.69) is 27.2 Å². The highest BCUT2D eigenvalue weighted by molar-refractivity contribution is 7.90. The first-order valence-corrected chi connectivity index (χ1v) is 9.96. The highest BCUT2D eigenvalue weighted by Gasteiger charge is 2.22. The molecule has 9 heteroatoms. The molecule has 5 N–H and O–H groups in total. The van der Waals surface area contributed by atoms with Crippen molar-refractivity contribution in [3.63, 3.8) is 0 Å². The number of carbonyl (C=O) groups excluding carboxylic acids is 1. The molecule has 26 heavy (non-hydrogen) atoms. The summed E-state index contributed by atoms with van der Waals surface area (Å²) in [5, 5.41) is 2.95. The Morgan fingerprint density at radius 2 is 1.65 bits per heavy atom. The van der Waals surface area contributed by atoms with Gasteiger partial charge in [0, 0.05) is 11.8 Å². The predicted molar refractivity (Wildman–Crippen MR) is 97.2 cm³/mol. The smallest absolute Gasteiger partial charge is 0.252 e. The standard InChI is InChI=1S/C17H21N5O3S/c1-11(12-7-9-13(10-8-12)26(2,24)25)18-17(23)15-6-4-3-5-14(15)16-19-21-22-20-16/h3-11,16,19-22H,1-2H3,(H,18,23). The second-order valence-electron chi connectivity index (χ2n) is 6.10. The van der Waals surface area contributed by atoms with Gasteiger partial charge in [0.2, 0.25) is 0 Å². The largest absolute Gasteiger partial charge is 0.346 e. The van der Waals surface area contributed by atoms with Crippen molar-refractivity contribution in [2.45, 2.75) is 24.0 Å². The Hall–Kier alpha value is -2.30. The van der Waals surface area contributed by atoms with Crippen molar-refractivity contribution in [1.82, 2.24) is 27.2 Å². The average Bonchev–Trinajstić information content (AvgIpc) is 3.15. The van der Waals surface area contributed by atoms with E-state index in [1.54, 1.807) is 36.4 Å². The first-order chi connectivity index (χ1) is 12.4. The molecule has 0 aromatic heterocycles. The monoisotopic (exact) mass is 375 g/mol. The van der Waals surface area contributed by atoms with Crippen LogP contribution in [0.1, 0.15) is 40.6 Å². The van der Waals surface area contributed by atoms with Crippen molar-refractivity contribution < 1.29 is 13.2 Å². The van der Waals surface area contributed by atoms with Crippen LogP contribution in [0.5, 0.6) is 0 Å². The maximum Gasteiger partial charge on any atom is 0.252 e. The van der Waals surface area contributed by atoms with Gasteiger partial charge < -0.3 is 5.32 Å². The number of hydrazine groups is 3. The lowest BCUT2D eigenvalue weighted by Crippen LogP contribution is -2.33.